The van der Waals surface area contributed by atoms with Gasteiger partial charge in [-0.2, -0.15) is 0 Å². The highest BCUT2D eigenvalue weighted by Crippen LogP contribution is 2.24. The molecule has 1 aliphatic carbocycles. The second kappa shape index (κ2) is 4.55. The molecule has 0 atom stereocenters. The summed E-state index contributed by atoms with van der Waals surface area (Å²) >= 11 is 0. The summed E-state index contributed by atoms with van der Waals surface area (Å²) in [4.78, 5) is 6.33. The van der Waals surface area contributed by atoms with Gasteiger partial charge in [-0.05, 0) is 31.6 Å². The Kier molecular flexibility index (Phi) is 3.30. The number of hydrogen-bond donors (Lipinski definition) is 2. The maximum absolute atomic E-state index is 11.9. The second-order valence-corrected chi connectivity index (χ2v) is 6.18. The summed E-state index contributed by atoms with van der Waals surface area (Å²) < 4.78 is 26.4. The van der Waals surface area contributed by atoms with E-state index in [0.717, 1.165) is 25.7 Å². The maximum atomic E-state index is 11.9. The summed E-state index contributed by atoms with van der Waals surface area (Å²) in [6.07, 6.45) is 6.74. The zero-order valence-corrected chi connectivity index (χ0v) is 10.1. The number of nitrogens with zero attached hydrogens (tertiary/aromatic N) is 1. The Balaban J connectivity index is 2.00. The van der Waals surface area contributed by atoms with E-state index in [1.807, 2.05) is 0 Å². The van der Waals surface area contributed by atoms with Crippen LogP contribution in [0.2, 0.25) is 0 Å². The van der Waals surface area contributed by atoms with Crippen molar-refractivity contribution >= 4 is 10.0 Å². The summed E-state index contributed by atoms with van der Waals surface area (Å²) in [5.74, 6) is 0.716. The summed E-state index contributed by atoms with van der Waals surface area (Å²) in [5.41, 5.74) is 0. The fourth-order valence-electron chi connectivity index (χ4n) is 2.05. The van der Waals surface area contributed by atoms with Crippen molar-refractivity contribution in [3.63, 3.8) is 0 Å². The molecule has 1 aromatic rings. The minimum Gasteiger partial charge on any atom is -0.335 e. The van der Waals surface area contributed by atoms with Crippen LogP contribution in [0.5, 0.6) is 0 Å². The van der Waals surface area contributed by atoms with Gasteiger partial charge in [-0.25, -0.2) is 18.1 Å². The predicted octanol–water partition coefficient (Wildman–Crippen LogP) is 1.27. The molecule has 0 unspecified atom stereocenters. The summed E-state index contributed by atoms with van der Waals surface area (Å²) in [5, 5.41) is 0.145. The molecule has 1 fully saturated rings. The average Bonchev–Trinajstić information content (AvgIpc) is 2.75. The van der Waals surface area contributed by atoms with Crippen LogP contribution in [0.1, 0.15) is 32.6 Å². The van der Waals surface area contributed by atoms with Gasteiger partial charge in [0.15, 0.2) is 5.03 Å². The molecule has 0 aliphatic heterocycles. The number of rotatable bonds is 3. The second-order valence-electron chi connectivity index (χ2n) is 4.49. The molecule has 1 aromatic heterocycles. The molecular weight excluding hydrogens is 226 g/mol. The Bertz CT molecular complexity index is 419. The molecule has 5 nitrogen and oxygen atoms in total. The number of H-pyrrole nitrogens is 1. The number of nitrogens with one attached hydrogen (secondary N) is 2. The zero-order chi connectivity index (χ0) is 11.6. The first-order valence-corrected chi connectivity index (χ1v) is 7.07. The van der Waals surface area contributed by atoms with Gasteiger partial charge in [0.25, 0.3) is 10.0 Å². The number of sulfonamides is 1. The van der Waals surface area contributed by atoms with Crippen LogP contribution < -0.4 is 4.72 Å². The van der Waals surface area contributed by atoms with E-state index in [9.17, 15) is 8.42 Å². The maximum Gasteiger partial charge on any atom is 0.257 e. The van der Waals surface area contributed by atoms with Crippen LogP contribution in [-0.2, 0) is 10.0 Å². The van der Waals surface area contributed by atoms with Crippen LogP contribution in [0, 0.1) is 5.92 Å². The van der Waals surface area contributed by atoms with Crippen molar-refractivity contribution in [3.05, 3.63) is 12.5 Å². The lowest BCUT2D eigenvalue weighted by Gasteiger charge is -2.26. The lowest BCUT2D eigenvalue weighted by Crippen LogP contribution is -2.37. The Labute approximate surface area is 95.7 Å². The Morgan fingerprint density at radius 1 is 1.38 bits per heavy atom. The first-order valence-electron chi connectivity index (χ1n) is 5.58. The molecule has 2 rings (SSSR count). The fourth-order valence-corrected chi connectivity index (χ4v) is 3.26. The molecule has 0 radical (unpaired) electrons. The van der Waals surface area contributed by atoms with Crippen molar-refractivity contribution < 1.29 is 8.42 Å². The van der Waals surface area contributed by atoms with E-state index >= 15 is 0 Å². The lowest BCUT2D eigenvalue weighted by atomic mass is 9.88. The summed E-state index contributed by atoms with van der Waals surface area (Å²) in [6.45, 7) is 2.21. The van der Waals surface area contributed by atoms with Gasteiger partial charge in [0.2, 0.25) is 0 Å². The largest absolute Gasteiger partial charge is 0.335 e. The van der Waals surface area contributed by atoms with E-state index in [1.165, 1.54) is 12.5 Å². The minimum absolute atomic E-state index is 0.0736. The zero-order valence-electron chi connectivity index (χ0n) is 9.31. The summed E-state index contributed by atoms with van der Waals surface area (Å²) in [6, 6.07) is 0.0736. The Hall–Kier alpha value is -0.880. The highest BCUT2D eigenvalue weighted by atomic mass is 32.2. The molecule has 90 valence electrons. The van der Waals surface area contributed by atoms with Crippen molar-refractivity contribution in [2.24, 2.45) is 5.92 Å². The molecule has 1 aliphatic rings. The van der Waals surface area contributed by atoms with Crippen LogP contribution in [0.4, 0.5) is 0 Å². The average molecular weight is 243 g/mol. The highest BCUT2D eigenvalue weighted by Gasteiger charge is 2.24. The van der Waals surface area contributed by atoms with E-state index in [2.05, 4.69) is 21.6 Å². The number of aromatic amines is 1. The molecular formula is C10H17N3O2S. The molecule has 2 N–H and O–H groups in total. The third kappa shape index (κ3) is 2.62. The Morgan fingerprint density at radius 2 is 2.06 bits per heavy atom. The van der Waals surface area contributed by atoms with Gasteiger partial charge in [0.05, 0.1) is 12.5 Å². The third-order valence-electron chi connectivity index (χ3n) is 3.10. The van der Waals surface area contributed by atoms with Gasteiger partial charge in [-0.3, -0.25) is 0 Å². The van der Waals surface area contributed by atoms with Gasteiger partial charge in [0.1, 0.15) is 0 Å². The quantitative estimate of drug-likeness (QED) is 0.839. The third-order valence-corrected chi connectivity index (χ3v) is 4.55. The molecule has 6 heteroatoms. The van der Waals surface area contributed by atoms with E-state index in [0.29, 0.717) is 5.92 Å². The fraction of sp³-hybridized carbons (Fsp3) is 0.700. The molecule has 0 bridgehead atoms. The monoisotopic (exact) mass is 243 g/mol. The topological polar surface area (TPSA) is 74.8 Å². The van der Waals surface area contributed by atoms with Crippen LogP contribution in [0.25, 0.3) is 0 Å². The van der Waals surface area contributed by atoms with E-state index in [-0.39, 0.29) is 11.1 Å². The normalized spacial score (nSPS) is 26.8. The summed E-state index contributed by atoms with van der Waals surface area (Å²) in [7, 11) is -3.40. The van der Waals surface area contributed by atoms with Gasteiger partial charge >= 0.3 is 0 Å². The molecule has 0 saturated heterocycles. The van der Waals surface area contributed by atoms with E-state index in [1.54, 1.807) is 0 Å². The molecule has 0 aromatic carbocycles. The molecule has 0 spiro atoms. The van der Waals surface area contributed by atoms with Crippen molar-refractivity contribution in [2.45, 2.75) is 43.7 Å². The Morgan fingerprint density at radius 3 is 2.62 bits per heavy atom. The lowest BCUT2D eigenvalue weighted by molar-refractivity contribution is 0.332. The molecule has 1 saturated carbocycles. The highest BCUT2D eigenvalue weighted by molar-refractivity contribution is 7.89. The minimum atomic E-state index is -3.40. The van der Waals surface area contributed by atoms with E-state index in [4.69, 9.17) is 0 Å². The van der Waals surface area contributed by atoms with Crippen molar-refractivity contribution in [3.8, 4) is 0 Å². The number of hydrogen-bond acceptors (Lipinski definition) is 3. The standard InChI is InChI=1S/C10H17N3O2S/c1-8-2-4-9(5-3-8)13-16(14,15)10-6-11-7-12-10/h6-9,13H,2-5H2,1H3,(H,11,12). The van der Waals surface area contributed by atoms with Crippen molar-refractivity contribution in [1.82, 2.24) is 14.7 Å². The van der Waals surface area contributed by atoms with Crippen LogP contribution in [0.3, 0.4) is 0 Å². The van der Waals surface area contributed by atoms with Gasteiger partial charge in [-0.15, -0.1) is 0 Å². The van der Waals surface area contributed by atoms with Gasteiger partial charge in [-0.1, -0.05) is 6.92 Å². The number of aromatic nitrogens is 2. The smallest absolute Gasteiger partial charge is 0.257 e. The molecule has 1 heterocycles. The first-order chi connectivity index (χ1) is 7.58. The van der Waals surface area contributed by atoms with Crippen LogP contribution >= 0.6 is 0 Å². The van der Waals surface area contributed by atoms with Crippen molar-refractivity contribution in [2.75, 3.05) is 0 Å². The molecule has 16 heavy (non-hydrogen) atoms. The van der Waals surface area contributed by atoms with Crippen LogP contribution in [0.15, 0.2) is 17.6 Å². The van der Waals surface area contributed by atoms with Crippen LogP contribution in [-0.4, -0.2) is 24.4 Å². The first kappa shape index (κ1) is 11.6. The van der Waals surface area contributed by atoms with Gasteiger partial charge < -0.3 is 4.98 Å². The molecule has 0 amide bonds. The SMILES string of the molecule is CC1CCC(NS(=O)(=O)c2cnc[nH]2)CC1. The van der Waals surface area contributed by atoms with E-state index < -0.39 is 10.0 Å². The van der Waals surface area contributed by atoms with Crippen molar-refractivity contribution in [1.29, 1.82) is 0 Å². The predicted molar refractivity (Wildman–Crippen MR) is 60.3 cm³/mol. The number of imidazole rings is 1. The van der Waals surface area contributed by atoms with Gasteiger partial charge in [0, 0.05) is 6.04 Å².